The molecule has 5 saturated carbocycles. The number of rotatable bonds is 4. The van der Waals surface area contributed by atoms with Gasteiger partial charge in [-0.1, -0.05) is 46.3 Å². The second-order valence-corrected chi connectivity index (χ2v) is 14.5. The lowest BCUT2D eigenvalue weighted by atomic mass is 9.41. The van der Waals surface area contributed by atoms with Gasteiger partial charge in [-0.05, 0) is 129 Å². The third kappa shape index (κ3) is 2.72. The van der Waals surface area contributed by atoms with Gasteiger partial charge in [0.1, 0.15) is 0 Å². The highest BCUT2D eigenvalue weighted by Crippen LogP contribution is 2.89. The van der Waals surface area contributed by atoms with Gasteiger partial charge in [-0.15, -0.1) is 0 Å². The maximum Gasteiger partial charge on any atom is 0.0603 e. The first-order valence-corrected chi connectivity index (χ1v) is 13.9. The average molecular weight is 443 g/mol. The Labute approximate surface area is 197 Å². The van der Waals surface area contributed by atoms with E-state index in [0.717, 1.165) is 18.8 Å². The van der Waals surface area contributed by atoms with Crippen LogP contribution in [-0.2, 0) is 0 Å². The van der Waals surface area contributed by atoms with E-state index in [2.05, 4.69) is 54.5 Å². The number of aliphatic hydroxyl groups excluding tert-OH is 2. The largest absolute Gasteiger partial charge is 0.393 e. The Morgan fingerprint density at radius 2 is 1.53 bits per heavy atom. The summed E-state index contributed by atoms with van der Waals surface area (Å²) in [7, 11) is 0. The van der Waals surface area contributed by atoms with Gasteiger partial charge in [0, 0.05) is 0 Å². The van der Waals surface area contributed by atoms with Crippen molar-refractivity contribution < 1.29 is 10.2 Å². The minimum absolute atomic E-state index is 0.0795. The molecule has 0 aromatic heterocycles. The highest BCUT2D eigenvalue weighted by Gasteiger charge is 2.82. The summed E-state index contributed by atoms with van der Waals surface area (Å²) >= 11 is 0. The molecule has 32 heavy (non-hydrogen) atoms. The minimum atomic E-state index is -0.214. The van der Waals surface area contributed by atoms with Gasteiger partial charge in [0.05, 0.1) is 12.2 Å². The van der Waals surface area contributed by atoms with Gasteiger partial charge in [0.15, 0.2) is 0 Å². The molecule has 0 aliphatic heterocycles. The first kappa shape index (κ1) is 23.4. The molecule has 5 aliphatic carbocycles. The van der Waals surface area contributed by atoms with Crippen LogP contribution < -0.4 is 0 Å². The lowest BCUT2D eigenvalue weighted by molar-refractivity contribution is -0.163. The molecular weight excluding hydrogens is 392 g/mol. The summed E-state index contributed by atoms with van der Waals surface area (Å²) in [5, 5.41) is 21.9. The van der Waals surface area contributed by atoms with E-state index in [1.165, 1.54) is 56.9 Å². The van der Waals surface area contributed by atoms with E-state index in [4.69, 9.17) is 0 Å². The number of allylic oxidation sites excluding steroid dienone is 1. The maximum atomic E-state index is 11.1. The lowest BCUT2D eigenvalue weighted by Crippen LogP contribution is -2.57. The van der Waals surface area contributed by atoms with Crippen LogP contribution in [-0.4, -0.2) is 22.4 Å². The Kier molecular flexibility index (Phi) is 5.19. The zero-order chi connectivity index (χ0) is 23.3. The molecular formula is C30H50O2. The second kappa shape index (κ2) is 7.09. The van der Waals surface area contributed by atoms with Crippen molar-refractivity contribution in [1.29, 1.82) is 0 Å². The van der Waals surface area contributed by atoms with Crippen molar-refractivity contribution in [2.75, 3.05) is 0 Å². The van der Waals surface area contributed by atoms with E-state index in [9.17, 15) is 10.2 Å². The van der Waals surface area contributed by atoms with Crippen molar-refractivity contribution in [2.45, 2.75) is 125 Å². The van der Waals surface area contributed by atoms with Crippen molar-refractivity contribution in [2.24, 2.45) is 50.7 Å². The summed E-state index contributed by atoms with van der Waals surface area (Å²) in [4.78, 5) is 0. The molecule has 0 aromatic rings. The highest BCUT2D eigenvalue weighted by molar-refractivity contribution is 5.30. The molecule has 0 bridgehead atoms. The molecule has 0 aromatic carbocycles. The third-order valence-electron chi connectivity index (χ3n) is 13.2. The predicted molar refractivity (Wildman–Crippen MR) is 132 cm³/mol. The lowest BCUT2D eigenvalue weighted by Gasteiger charge is -2.63. The third-order valence-corrected chi connectivity index (χ3v) is 13.2. The van der Waals surface area contributed by atoms with Crippen molar-refractivity contribution in [3.8, 4) is 0 Å². The number of hydrogen-bond acceptors (Lipinski definition) is 2. The van der Waals surface area contributed by atoms with E-state index < -0.39 is 0 Å². The van der Waals surface area contributed by atoms with E-state index >= 15 is 0 Å². The highest BCUT2D eigenvalue weighted by atomic mass is 16.3. The van der Waals surface area contributed by atoms with Crippen LogP contribution in [0.25, 0.3) is 0 Å². The molecule has 2 heteroatoms. The predicted octanol–water partition coefficient (Wildman–Crippen LogP) is 7.14. The van der Waals surface area contributed by atoms with Crippen LogP contribution in [0, 0.1) is 50.7 Å². The van der Waals surface area contributed by atoms with Gasteiger partial charge in [-0.2, -0.15) is 0 Å². The summed E-state index contributed by atoms with van der Waals surface area (Å²) in [6, 6.07) is 0. The smallest absolute Gasteiger partial charge is 0.0603 e. The first-order chi connectivity index (χ1) is 14.9. The van der Waals surface area contributed by atoms with Crippen LogP contribution in [0.5, 0.6) is 0 Å². The fourth-order valence-corrected chi connectivity index (χ4v) is 11.1. The van der Waals surface area contributed by atoms with Gasteiger partial charge < -0.3 is 10.2 Å². The Morgan fingerprint density at radius 3 is 2.22 bits per heavy atom. The number of aliphatic hydroxyl groups is 2. The Bertz CT molecular complexity index is 795. The fourth-order valence-electron chi connectivity index (χ4n) is 11.1. The van der Waals surface area contributed by atoms with Crippen LogP contribution in [0.1, 0.15) is 113 Å². The molecule has 10 atom stereocenters. The molecule has 5 aliphatic rings. The molecule has 182 valence electrons. The molecule has 0 heterocycles. The van der Waals surface area contributed by atoms with Gasteiger partial charge in [-0.3, -0.25) is 0 Å². The minimum Gasteiger partial charge on any atom is -0.393 e. The molecule has 10 unspecified atom stereocenters. The quantitative estimate of drug-likeness (QED) is 0.454. The van der Waals surface area contributed by atoms with Gasteiger partial charge in [0.25, 0.3) is 0 Å². The van der Waals surface area contributed by atoms with Gasteiger partial charge >= 0.3 is 0 Å². The SMILES string of the molecule is CC(C)=CCC(O)C(C)C1CCC2(C)C3CCC4C(C)(C)C(O)CCC45CC35CCC12C. The average Bonchev–Trinajstić information content (AvgIpc) is 3.31. The van der Waals surface area contributed by atoms with E-state index in [1.807, 2.05) is 0 Å². The number of fused-ring (bicyclic) bond motifs is 2. The monoisotopic (exact) mass is 442 g/mol. The van der Waals surface area contributed by atoms with Crippen molar-refractivity contribution >= 4 is 0 Å². The van der Waals surface area contributed by atoms with E-state index in [-0.39, 0.29) is 17.6 Å². The molecule has 0 amide bonds. The summed E-state index contributed by atoms with van der Waals surface area (Å²) < 4.78 is 0. The first-order valence-electron chi connectivity index (χ1n) is 13.9. The maximum absolute atomic E-state index is 11.1. The zero-order valence-electron chi connectivity index (χ0n) is 22.0. The summed E-state index contributed by atoms with van der Waals surface area (Å²) in [6.45, 7) is 16.6. The number of hydrogen-bond donors (Lipinski definition) is 2. The molecule has 2 nitrogen and oxygen atoms in total. The van der Waals surface area contributed by atoms with Crippen LogP contribution in [0.3, 0.4) is 0 Å². The van der Waals surface area contributed by atoms with E-state index in [1.54, 1.807) is 0 Å². The summed E-state index contributed by atoms with van der Waals surface area (Å²) in [5.41, 5.74) is 3.24. The Balaban J connectivity index is 1.42. The Morgan fingerprint density at radius 1 is 0.875 bits per heavy atom. The van der Waals surface area contributed by atoms with Crippen molar-refractivity contribution in [3.05, 3.63) is 11.6 Å². The van der Waals surface area contributed by atoms with Crippen LogP contribution >= 0.6 is 0 Å². The molecule has 0 radical (unpaired) electrons. The second-order valence-electron chi connectivity index (χ2n) is 14.5. The molecule has 5 fully saturated rings. The van der Waals surface area contributed by atoms with Crippen LogP contribution in [0.15, 0.2) is 11.6 Å². The van der Waals surface area contributed by atoms with Crippen LogP contribution in [0.4, 0.5) is 0 Å². The fraction of sp³-hybridized carbons (Fsp3) is 0.933. The van der Waals surface area contributed by atoms with Gasteiger partial charge in [0.2, 0.25) is 0 Å². The Hall–Kier alpha value is -0.340. The van der Waals surface area contributed by atoms with Crippen molar-refractivity contribution in [3.63, 3.8) is 0 Å². The van der Waals surface area contributed by atoms with Crippen LogP contribution in [0.2, 0.25) is 0 Å². The molecule has 0 saturated heterocycles. The molecule has 5 rings (SSSR count). The van der Waals surface area contributed by atoms with E-state index in [0.29, 0.717) is 39.4 Å². The standard InChI is InChI=1S/C30H50O2/c1-19(2)8-9-22(31)20(3)21-12-14-28(7)24-11-10-23-26(4,5)25(32)13-15-29(23)18-30(24,29)17-16-27(21,28)6/h8,20-25,31-32H,9-18H2,1-7H3. The molecule has 2 spiro atoms. The summed E-state index contributed by atoms with van der Waals surface area (Å²) in [5.74, 6) is 2.58. The zero-order valence-corrected chi connectivity index (χ0v) is 22.0. The summed E-state index contributed by atoms with van der Waals surface area (Å²) in [6.07, 6.45) is 14.5. The molecule has 2 N–H and O–H groups in total. The normalized spacial score (nSPS) is 52.7. The topological polar surface area (TPSA) is 40.5 Å². The van der Waals surface area contributed by atoms with Crippen molar-refractivity contribution in [1.82, 2.24) is 0 Å². The van der Waals surface area contributed by atoms with Gasteiger partial charge in [-0.25, -0.2) is 0 Å².